The number of hydrogen-bond donors (Lipinski definition) is 4. The molecule has 2 aromatic heterocycles. The van der Waals surface area contributed by atoms with E-state index in [-0.39, 0.29) is 22.9 Å². The summed E-state index contributed by atoms with van der Waals surface area (Å²) in [6.45, 7) is 1.90. The Morgan fingerprint density at radius 2 is 1.88 bits per heavy atom. The van der Waals surface area contributed by atoms with Crippen LogP contribution in [0.15, 0.2) is 39.9 Å². The van der Waals surface area contributed by atoms with Crippen LogP contribution >= 0.6 is 11.8 Å². The molecule has 0 fully saturated rings. The number of aromatic nitrogens is 3. The Balaban J connectivity index is 1.97. The van der Waals surface area contributed by atoms with Crippen molar-refractivity contribution in [3.63, 3.8) is 0 Å². The number of benzene rings is 1. The number of primary amides is 2. The van der Waals surface area contributed by atoms with Gasteiger partial charge in [0.1, 0.15) is 5.82 Å². The molecule has 2 amide bonds. The van der Waals surface area contributed by atoms with Gasteiger partial charge in [0, 0.05) is 5.56 Å². The van der Waals surface area contributed by atoms with Gasteiger partial charge in [0.15, 0.2) is 0 Å². The Morgan fingerprint density at radius 1 is 1.19 bits per heavy atom. The van der Waals surface area contributed by atoms with Gasteiger partial charge >= 0.3 is 0 Å². The largest absolute Gasteiger partial charge is 0.365 e. The number of amides is 2. The Morgan fingerprint density at radius 3 is 2.50 bits per heavy atom. The predicted octanol–water partition coefficient (Wildman–Crippen LogP) is 2.12. The molecule has 9 nitrogen and oxygen atoms in total. The molecule has 1 aromatic carbocycles. The summed E-state index contributed by atoms with van der Waals surface area (Å²) < 4.78 is 5.20. The normalized spacial score (nSPS) is 10.7. The van der Waals surface area contributed by atoms with Crippen molar-refractivity contribution in [1.29, 1.82) is 0 Å². The van der Waals surface area contributed by atoms with E-state index in [1.165, 1.54) is 11.8 Å². The van der Waals surface area contributed by atoms with Crippen molar-refractivity contribution >= 4 is 35.3 Å². The maximum Gasteiger partial charge on any atom is 0.269 e. The summed E-state index contributed by atoms with van der Waals surface area (Å²) in [6, 6.07) is 9.20. The predicted molar refractivity (Wildman–Crippen MR) is 97.2 cm³/mol. The highest BCUT2D eigenvalue weighted by atomic mass is 32.2. The van der Waals surface area contributed by atoms with E-state index in [2.05, 4.69) is 20.4 Å². The zero-order valence-corrected chi connectivity index (χ0v) is 14.6. The number of anilines is 2. The standard InChI is InChI=1S/C16H16N6O3S/c1-2-26-15-10(12(18)24)9(11(17)23)13(19-15)20-16-21-14(25-22-16)8-6-4-3-5-7-8/h3-7,19H,2H2,1H3,(H2,17,23)(H2,18,24)(H,20,22). The van der Waals surface area contributed by atoms with Crippen molar-refractivity contribution in [3.8, 4) is 11.5 Å². The van der Waals surface area contributed by atoms with Gasteiger partial charge in [-0.25, -0.2) is 0 Å². The maximum atomic E-state index is 11.9. The third-order valence-corrected chi connectivity index (χ3v) is 4.31. The Labute approximate surface area is 152 Å². The van der Waals surface area contributed by atoms with E-state index in [0.29, 0.717) is 16.7 Å². The van der Waals surface area contributed by atoms with Crippen molar-refractivity contribution in [1.82, 2.24) is 15.1 Å². The van der Waals surface area contributed by atoms with Crippen LogP contribution in [0.1, 0.15) is 27.6 Å². The number of hydrogen-bond acceptors (Lipinski definition) is 7. The molecule has 0 aliphatic heterocycles. The van der Waals surface area contributed by atoms with E-state index in [9.17, 15) is 9.59 Å². The van der Waals surface area contributed by atoms with Gasteiger partial charge in [0.05, 0.1) is 16.2 Å². The minimum atomic E-state index is -0.799. The maximum absolute atomic E-state index is 11.9. The lowest BCUT2D eigenvalue weighted by atomic mass is 10.1. The summed E-state index contributed by atoms with van der Waals surface area (Å²) in [5.74, 6) is -0.291. The average molecular weight is 372 g/mol. The average Bonchev–Trinajstić information content (AvgIpc) is 3.21. The fourth-order valence-electron chi connectivity index (χ4n) is 2.39. The first-order valence-electron chi connectivity index (χ1n) is 7.65. The van der Waals surface area contributed by atoms with Crippen LogP contribution in [0, 0.1) is 0 Å². The molecule has 0 aliphatic rings. The fraction of sp³-hybridized carbons (Fsp3) is 0.125. The van der Waals surface area contributed by atoms with Gasteiger partial charge < -0.3 is 26.3 Å². The topological polar surface area (TPSA) is 153 Å². The van der Waals surface area contributed by atoms with E-state index in [1.807, 2.05) is 37.3 Å². The number of H-pyrrole nitrogens is 1. The number of thioether (sulfide) groups is 1. The molecule has 0 bridgehead atoms. The number of aromatic amines is 1. The quantitative estimate of drug-likeness (QED) is 0.463. The van der Waals surface area contributed by atoms with Crippen LogP contribution < -0.4 is 16.8 Å². The molecule has 0 saturated carbocycles. The molecule has 26 heavy (non-hydrogen) atoms. The Kier molecular flexibility index (Phi) is 4.94. The number of nitrogens with one attached hydrogen (secondary N) is 2. The minimum Gasteiger partial charge on any atom is -0.365 e. The molecule has 6 N–H and O–H groups in total. The number of nitrogens with two attached hydrogens (primary N) is 2. The number of nitrogens with zero attached hydrogens (tertiary/aromatic N) is 2. The van der Waals surface area contributed by atoms with Crippen LogP contribution in [0.4, 0.5) is 11.8 Å². The van der Waals surface area contributed by atoms with Gasteiger partial charge in [-0.2, -0.15) is 4.98 Å². The molecule has 0 unspecified atom stereocenters. The van der Waals surface area contributed by atoms with Crippen LogP contribution in [-0.2, 0) is 0 Å². The fourth-order valence-corrected chi connectivity index (χ4v) is 3.20. The highest BCUT2D eigenvalue weighted by Gasteiger charge is 2.26. The second-order valence-corrected chi connectivity index (χ2v) is 6.43. The van der Waals surface area contributed by atoms with Gasteiger partial charge in [-0.15, -0.1) is 11.8 Å². The van der Waals surface area contributed by atoms with Crippen LogP contribution in [0.25, 0.3) is 11.5 Å². The van der Waals surface area contributed by atoms with Crippen LogP contribution in [0.3, 0.4) is 0 Å². The summed E-state index contributed by atoms with van der Waals surface area (Å²) in [6.07, 6.45) is 0. The first-order valence-corrected chi connectivity index (χ1v) is 8.64. The van der Waals surface area contributed by atoms with Crippen molar-refractivity contribution in [2.75, 3.05) is 11.1 Å². The smallest absolute Gasteiger partial charge is 0.269 e. The third-order valence-electron chi connectivity index (χ3n) is 3.43. The lowest BCUT2D eigenvalue weighted by molar-refractivity contribution is 0.0967. The molecule has 0 aliphatic carbocycles. The molecule has 0 saturated heterocycles. The van der Waals surface area contributed by atoms with E-state index in [4.69, 9.17) is 16.0 Å². The van der Waals surface area contributed by atoms with E-state index in [0.717, 1.165) is 5.56 Å². The minimum absolute atomic E-state index is 0.0404. The lowest BCUT2D eigenvalue weighted by Gasteiger charge is -2.01. The SMILES string of the molecule is CCSc1[nH]c(Nc2noc(-c3ccccc3)n2)c(C(N)=O)c1C(N)=O. The van der Waals surface area contributed by atoms with E-state index >= 15 is 0 Å². The van der Waals surface area contributed by atoms with E-state index in [1.54, 1.807) is 0 Å². The van der Waals surface area contributed by atoms with Crippen LogP contribution in [0.5, 0.6) is 0 Å². The van der Waals surface area contributed by atoms with Gasteiger partial charge in [0.2, 0.25) is 0 Å². The molecule has 0 radical (unpaired) electrons. The molecule has 0 spiro atoms. The molecule has 2 heterocycles. The highest BCUT2D eigenvalue weighted by Crippen LogP contribution is 2.31. The van der Waals surface area contributed by atoms with Gasteiger partial charge in [-0.3, -0.25) is 9.59 Å². The molecular formula is C16H16N6O3S. The molecule has 3 aromatic rings. The molecule has 3 rings (SSSR count). The molecule has 134 valence electrons. The van der Waals surface area contributed by atoms with Crippen LogP contribution in [0.2, 0.25) is 0 Å². The van der Waals surface area contributed by atoms with Crippen molar-refractivity contribution in [2.45, 2.75) is 11.9 Å². The van der Waals surface area contributed by atoms with Crippen molar-refractivity contribution in [3.05, 3.63) is 41.5 Å². The van der Waals surface area contributed by atoms with Crippen molar-refractivity contribution in [2.24, 2.45) is 11.5 Å². The summed E-state index contributed by atoms with van der Waals surface area (Å²) in [7, 11) is 0. The zero-order chi connectivity index (χ0) is 18.7. The summed E-state index contributed by atoms with van der Waals surface area (Å²) >= 11 is 1.33. The third kappa shape index (κ3) is 3.40. The molecule has 10 heteroatoms. The van der Waals surface area contributed by atoms with Gasteiger partial charge in [0.25, 0.3) is 23.7 Å². The highest BCUT2D eigenvalue weighted by molar-refractivity contribution is 7.99. The zero-order valence-electron chi connectivity index (χ0n) is 13.8. The first-order chi connectivity index (χ1) is 12.5. The summed E-state index contributed by atoms with van der Waals surface area (Å²) in [5, 5.41) is 7.10. The monoisotopic (exact) mass is 372 g/mol. The second-order valence-electron chi connectivity index (χ2n) is 5.15. The van der Waals surface area contributed by atoms with Crippen LogP contribution in [-0.4, -0.2) is 32.7 Å². The number of carbonyl (C=O) groups excluding carboxylic acids is 2. The summed E-state index contributed by atoms with van der Waals surface area (Å²) in [4.78, 5) is 30.8. The van der Waals surface area contributed by atoms with Gasteiger partial charge in [-0.05, 0) is 23.0 Å². The molecular weight excluding hydrogens is 356 g/mol. The second kappa shape index (κ2) is 7.31. The van der Waals surface area contributed by atoms with Crippen molar-refractivity contribution < 1.29 is 14.1 Å². The van der Waals surface area contributed by atoms with E-state index < -0.39 is 11.8 Å². The Bertz CT molecular complexity index is 950. The lowest BCUT2D eigenvalue weighted by Crippen LogP contribution is -2.20. The number of carbonyl (C=O) groups is 2. The summed E-state index contributed by atoms with van der Waals surface area (Å²) in [5.41, 5.74) is 11.6. The molecule has 0 atom stereocenters. The Hall–Kier alpha value is -3.27. The first kappa shape index (κ1) is 17.5. The van der Waals surface area contributed by atoms with Gasteiger partial charge in [-0.1, -0.05) is 25.1 Å². The number of rotatable bonds is 7.